The van der Waals surface area contributed by atoms with E-state index in [1.807, 2.05) is 6.07 Å². The van der Waals surface area contributed by atoms with E-state index in [1.54, 1.807) is 12.3 Å². The molecule has 1 aliphatic heterocycles. The molecule has 0 atom stereocenters. The first kappa shape index (κ1) is 8.04. The number of nitrogens with one attached hydrogen (secondary N) is 2. The third-order valence-electron chi connectivity index (χ3n) is 1.97. The molecule has 0 spiro atoms. The van der Waals surface area contributed by atoms with Crippen LogP contribution in [0.4, 0.5) is 0 Å². The third kappa shape index (κ3) is 1.77. The van der Waals surface area contributed by atoms with E-state index in [0.717, 1.165) is 18.9 Å². The van der Waals surface area contributed by atoms with Gasteiger partial charge in [0.1, 0.15) is 5.84 Å². The molecule has 0 bridgehead atoms. The van der Waals surface area contributed by atoms with Crippen LogP contribution in [0.3, 0.4) is 0 Å². The lowest BCUT2D eigenvalue weighted by atomic mass is 10.2. The van der Waals surface area contributed by atoms with Crippen LogP contribution in [0.2, 0.25) is 0 Å². The molecular weight excluding hydrogens is 166 g/mol. The highest BCUT2D eigenvalue weighted by molar-refractivity contribution is 6.08. The molecule has 13 heavy (non-hydrogen) atoms. The second-order valence-electron chi connectivity index (χ2n) is 2.94. The minimum atomic E-state index is 0.0816. The van der Waals surface area contributed by atoms with Gasteiger partial charge in [0.2, 0.25) is 0 Å². The molecule has 0 saturated carbocycles. The summed E-state index contributed by atoms with van der Waals surface area (Å²) in [6, 6.07) is 3.59. The van der Waals surface area contributed by atoms with Gasteiger partial charge in [-0.3, -0.25) is 9.79 Å². The van der Waals surface area contributed by atoms with E-state index in [-0.39, 0.29) is 5.78 Å². The third-order valence-corrected chi connectivity index (χ3v) is 1.97. The zero-order chi connectivity index (χ0) is 9.10. The van der Waals surface area contributed by atoms with Crippen molar-refractivity contribution < 1.29 is 4.79 Å². The lowest BCUT2D eigenvalue weighted by Crippen LogP contribution is -2.21. The molecule has 0 aromatic carbocycles. The fourth-order valence-electron chi connectivity index (χ4n) is 1.32. The summed E-state index contributed by atoms with van der Waals surface area (Å²) in [5, 5.41) is 3.06. The summed E-state index contributed by atoms with van der Waals surface area (Å²) in [5.74, 6) is 0.887. The lowest BCUT2D eigenvalue weighted by Gasteiger charge is -1.99. The predicted molar refractivity (Wildman–Crippen MR) is 50.0 cm³/mol. The zero-order valence-electron chi connectivity index (χ0n) is 7.21. The van der Waals surface area contributed by atoms with E-state index >= 15 is 0 Å². The zero-order valence-corrected chi connectivity index (χ0v) is 7.21. The van der Waals surface area contributed by atoms with Crippen LogP contribution < -0.4 is 5.32 Å². The van der Waals surface area contributed by atoms with Gasteiger partial charge >= 0.3 is 0 Å². The van der Waals surface area contributed by atoms with E-state index < -0.39 is 0 Å². The van der Waals surface area contributed by atoms with Crippen LogP contribution in [0.1, 0.15) is 16.9 Å². The summed E-state index contributed by atoms with van der Waals surface area (Å²) in [6.45, 7) is 1.64. The van der Waals surface area contributed by atoms with Crippen molar-refractivity contribution in [1.29, 1.82) is 0 Å². The average molecular weight is 177 g/mol. The Hall–Kier alpha value is -1.58. The van der Waals surface area contributed by atoms with Crippen LogP contribution >= 0.6 is 0 Å². The van der Waals surface area contributed by atoms with E-state index in [2.05, 4.69) is 15.3 Å². The number of Topliss-reactive ketones (excluding diaryl/α,β-unsaturated/α-hetero) is 1. The Labute approximate surface area is 76.1 Å². The van der Waals surface area contributed by atoms with Crippen molar-refractivity contribution in [2.75, 3.05) is 13.1 Å². The summed E-state index contributed by atoms with van der Waals surface area (Å²) < 4.78 is 0. The lowest BCUT2D eigenvalue weighted by molar-refractivity contribution is 0.0996. The maximum absolute atomic E-state index is 11.5. The van der Waals surface area contributed by atoms with Crippen molar-refractivity contribution in [3.63, 3.8) is 0 Å². The van der Waals surface area contributed by atoms with Gasteiger partial charge < -0.3 is 10.3 Å². The molecule has 2 N–H and O–H groups in total. The van der Waals surface area contributed by atoms with Gasteiger partial charge in [0.15, 0.2) is 5.78 Å². The fraction of sp³-hybridized carbons (Fsp3) is 0.333. The minimum Gasteiger partial charge on any atom is -0.372 e. The van der Waals surface area contributed by atoms with Crippen LogP contribution in [0.5, 0.6) is 0 Å². The Bertz CT molecular complexity index is 327. The SMILES string of the molecule is O=C(CC1=NCCN1)c1ccc[nH]1. The van der Waals surface area contributed by atoms with Gasteiger partial charge in [-0.25, -0.2) is 0 Å². The van der Waals surface area contributed by atoms with E-state index in [1.165, 1.54) is 0 Å². The second kappa shape index (κ2) is 3.43. The normalized spacial score (nSPS) is 15.2. The van der Waals surface area contributed by atoms with E-state index in [9.17, 15) is 4.79 Å². The molecule has 2 rings (SSSR count). The van der Waals surface area contributed by atoms with Crippen molar-refractivity contribution in [3.05, 3.63) is 24.0 Å². The van der Waals surface area contributed by atoms with Crippen LogP contribution in [0.25, 0.3) is 0 Å². The number of aliphatic imine (C=N–C) groups is 1. The Kier molecular flexibility index (Phi) is 2.12. The molecule has 0 amide bonds. The molecule has 0 aliphatic carbocycles. The van der Waals surface area contributed by atoms with Crippen molar-refractivity contribution >= 4 is 11.6 Å². The highest BCUT2D eigenvalue weighted by Crippen LogP contribution is 2.01. The number of rotatable bonds is 3. The maximum atomic E-state index is 11.5. The number of aromatic amines is 1. The molecule has 0 saturated heterocycles. The molecule has 4 heteroatoms. The predicted octanol–water partition coefficient (Wildman–Crippen LogP) is 0.589. The van der Waals surface area contributed by atoms with Crippen LogP contribution in [0.15, 0.2) is 23.3 Å². The number of hydrogen-bond donors (Lipinski definition) is 2. The number of nitrogens with zero attached hydrogens (tertiary/aromatic N) is 1. The number of aromatic nitrogens is 1. The molecule has 0 unspecified atom stereocenters. The smallest absolute Gasteiger partial charge is 0.186 e. The first-order valence-corrected chi connectivity index (χ1v) is 4.30. The van der Waals surface area contributed by atoms with E-state index in [4.69, 9.17) is 0 Å². The molecule has 0 radical (unpaired) electrons. The van der Waals surface area contributed by atoms with Crippen molar-refractivity contribution in [2.45, 2.75) is 6.42 Å². The maximum Gasteiger partial charge on any atom is 0.186 e. The number of carbonyl (C=O) groups is 1. The molecule has 2 heterocycles. The molecule has 1 aliphatic rings. The summed E-state index contributed by atoms with van der Waals surface area (Å²) in [6.07, 6.45) is 2.12. The number of carbonyl (C=O) groups excluding carboxylic acids is 1. The molecule has 1 aromatic heterocycles. The highest BCUT2D eigenvalue weighted by atomic mass is 16.1. The Balaban J connectivity index is 1.99. The Morgan fingerprint density at radius 2 is 2.54 bits per heavy atom. The van der Waals surface area contributed by atoms with Crippen molar-refractivity contribution in [2.24, 2.45) is 4.99 Å². The first-order chi connectivity index (χ1) is 6.36. The summed E-state index contributed by atoms with van der Waals surface area (Å²) in [5.41, 5.74) is 0.649. The number of amidine groups is 1. The van der Waals surface area contributed by atoms with Crippen LogP contribution in [-0.4, -0.2) is 29.7 Å². The number of hydrogen-bond acceptors (Lipinski definition) is 3. The van der Waals surface area contributed by atoms with Gasteiger partial charge in [-0.1, -0.05) is 0 Å². The standard InChI is InChI=1S/C9H11N3O/c13-8(7-2-1-3-10-7)6-9-11-4-5-12-9/h1-3,10H,4-6H2,(H,11,12). The minimum absolute atomic E-state index is 0.0816. The van der Waals surface area contributed by atoms with Crippen molar-refractivity contribution in [1.82, 2.24) is 10.3 Å². The highest BCUT2D eigenvalue weighted by Gasteiger charge is 2.12. The van der Waals surface area contributed by atoms with Gasteiger partial charge in [0.25, 0.3) is 0 Å². The van der Waals surface area contributed by atoms with Gasteiger partial charge in [0.05, 0.1) is 18.7 Å². The Morgan fingerprint density at radius 1 is 1.62 bits per heavy atom. The average Bonchev–Trinajstić information content (AvgIpc) is 2.74. The van der Waals surface area contributed by atoms with E-state index in [0.29, 0.717) is 12.1 Å². The number of H-pyrrole nitrogens is 1. The Morgan fingerprint density at radius 3 is 3.15 bits per heavy atom. The molecule has 4 nitrogen and oxygen atoms in total. The molecule has 1 aromatic rings. The number of ketones is 1. The van der Waals surface area contributed by atoms with Crippen LogP contribution in [0, 0.1) is 0 Å². The topological polar surface area (TPSA) is 57.2 Å². The van der Waals surface area contributed by atoms with Crippen LogP contribution in [-0.2, 0) is 0 Å². The van der Waals surface area contributed by atoms with Gasteiger partial charge in [-0.05, 0) is 12.1 Å². The molecule has 68 valence electrons. The largest absolute Gasteiger partial charge is 0.372 e. The van der Waals surface area contributed by atoms with Gasteiger partial charge in [-0.15, -0.1) is 0 Å². The molecular formula is C9H11N3O. The summed E-state index contributed by atoms with van der Waals surface area (Å²) >= 11 is 0. The molecule has 0 fully saturated rings. The fourth-order valence-corrected chi connectivity index (χ4v) is 1.32. The monoisotopic (exact) mass is 177 g/mol. The second-order valence-corrected chi connectivity index (χ2v) is 2.94. The quantitative estimate of drug-likeness (QED) is 0.664. The summed E-state index contributed by atoms with van der Waals surface area (Å²) in [7, 11) is 0. The first-order valence-electron chi connectivity index (χ1n) is 4.30. The summed E-state index contributed by atoms with van der Waals surface area (Å²) in [4.78, 5) is 18.5. The van der Waals surface area contributed by atoms with Gasteiger partial charge in [-0.2, -0.15) is 0 Å². The van der Waals surface area contributed by atoms with Gasteiger partial charge in [0, 0.05) is 12.7 Å². The van der Waals surface area contributed by atoms with Crippen molar-refractivity contribution in [3.8, 4) is 0 Å².